The van der Waals surface area contributed by atoms with Crippen molar-refractivity contribution in [3.05, 3.63) is 0 Å². The summed E-state index contributed by atoms with van der Waals surface area (Å²) in [4.78, 5) is 0. The molecule has 0 radical (unpaired) electrons. The van der Waals surface area contributed by atoms with Crippen LogP contribution in [0.5, 0.6) is 0 Å². The molecule has 0 saturated heterocycles. The molecule has 0 heterocycles. The van der Waals surface area contributed by atoms with Crippen molar-refractivity contribution in [1.82, 2.24) is 0 Å². The highest BCUT2D eigenvalue weighted by molar-refractivity contribution is 8.00. The number of nitrogens with zero attached hydrogens (tertiary/aromatic N) is 1. The van der Waals surface area contributed by atoms with Gasteiger partial charge in [-0.1, -0.05) is 13.8 Å². The highest BCUT2D eigenvalue weighted by Crippen LogP contribution is 2.38. The lowest BCUT2D eigenvalue weighted by Crippen LogP contribution is -2.26. The predicted molar refractivity (Wildman–Crippen MR) is 64.7 cm³/mol. The normalized spacial score (nSPS) is 33.3. The molecular weight excluding hydrogens is 206 g/mol. The minimum Gasteiger partial charge on any atom is -0.396 e. The van der Waals surface area contributed by atoms with Crippen molar-refractivity contribution in [1.29, 1.82) is 5.26 Å². The molecule has 1 rings (SSSR count). The molecule has 0 spiro atoms. The Bertz CT molecular complexity index is 226. The SMILES string of the molecule is CC1CCC(C#N)C(SC(C)CCO)C1. The van der Waals surface area contributed by atoms with E-state index in [4.69, 9.17) is 10.4 Å². The van der Waals surface area contributed by atoms with Crippen LogP contribution in [0.1, 0.15) is 39.5 Å². The van der Waals surface area contributed by atoms with Gasteiger partial charge in [-0.15, -0.1) is 0 Å². The molecule has 4 atom stereocenters. The van der Waals surface area contributed by atoms with Gasteiger partial charge in [-0.05, 0) is 31.6 Å². The van der Waals surface area contributed by atoms with Gasteiger partial charge in [0.05, 0.1) is 12.0 Å². The second-order valence-electron chi connectivity index (χ2n) is 4.65. The van der Waals surface area contributed by atoms with Gasteiger partial charge in [0.1, 0.15) is 0 Å². The van der Waals surface area contributed by atoms with Crippen LogP contribution < -0.4 is 0 Å². The van der Waals surface area contributed by atoms with E-state index in [1.807, 2.05) is 11.8 Å². The molecule has 1 saturated carbocycles. The maximum absolute atomic E-state index is 9.08. The molecule has 1 fully saturated rings. The van der Waals surface area contributed by atoms with Crippen molar-refractivity contribution in [2.24, 2.45) is 11.8 Å². The largest absolute Gasteiger partial charge is 0.396 e. The zero-order valence-corrected chi connectivity index (χ0v) is 10.5. The average Bonchev–Trinajstić information content (AvgIpc) is 2.18. The molecule has 1 aliphatic carbocycles. The van der Waals surface area contributed by atoms with Crippen molar-refractivity contribution in [2.75, 3.05) is 6.61 Å². The van der Waals surface area contributed by atoms with Crippen LogP contribution in [0.25, 0.3) is 0 Å². The molecule has 0 amide bonds. The molecular formula is C12H21NOS. The van der Waals surface area contributed by atoms with Gasteiger partial charge in [-0.3, -0.25) is 0 Å². The first kappa shape index (κ1) is 12.9. The first-order valence-corrected chi connectivity index (χ1v) is 6.77. The van der Waals surface area contributed by atoms with Crippen LogP contribution in [0, 0.1) is 23.2 Å². The highest BCUT2D eigenvalue weighted by Gasteiger charge is 2.29. The molecule has 0 aromatic rings. The van der Waals surface area contributed by atoms with Crippen LogP contribution >= 0.6 is 11.8 Å². The molecule has 1 aliphatic rings. The Kier molecular flexibility index (Phi) is 5.49. The molecule has 3 heteroatoms. The summed E-state index contributed by atoms with van der Waals surface area (Å²) in [5.74, 6) is 0.987. The molecule has 1 N–H and O–H groups in total. The summed E-state index contributed by atoms with van der Waals surface area (Å²) >= 11 is 1.90. The highest BCUT2D eigenvalue weighted by atomic mass is 32.2. The standard InChI is InChI=1S/C12H21NOS/c1-9-3-4-11(8-13)12(7-9)15-10(2)5-6-14/h9-12,14H,3-7H2,1-2H3. The molecule has 4 unspecified atom stereocenters. The average molecular weight is 227 g/mol. The summed E-state index contributed by atoms with van der Waals surface area (Å²) in [7, 11) is 0. The van der Waals surface area contributed by atoms with E-state index in [9.17, 15) is 0 Å². The van der Waals surface area contributed by atoms with E-state index < -0.39 is 0 Å². The predicted octanol–water partition coefficient (Wildman–Crippen LogP) is 2.82. The Morgan fingerprint density at radius 1 is 1.53 bits per heavy atom. The van der Waals surface area contributed by atoms with Gasteiger partial charge in [-0.2, -0.15) is 17.0 Å². The Morgan fingerprint density at radius 2 is 2.27 bits per heavy atom. The minimum absolute atomic E-state index is 0.229. The van der Waals surface area contributed by atoms with E-state index >= 15 is 0 Å². The molecule has 0 bridgehead atoms. The van der Waals surface area contributed by atoms with E-state index in [1.165, 1.54) is 12.8 Å². The summed E-state index contributed by atoms with van der Waals surface area (Å²) < 4.78 is 0. The Hall–Kier alpha value is -0.200. The smallest absolute Gasteiger partial charge is 0.0667 e. The Morgan fingerprint density at radius 3 is 2.87 bits per heavy atom. The Balaban J connectivity index is 2.45. The maximum Gasteiger partial charge on any atom is 0.0667 e. The van der Waals surface area contributed by atoms with E-state index in [2.05, 4.69) is 19.9 Å². The van der Waals surface area contributed by atoms with Crippen molar-refractivity contribution < 1.29 is 5.11 Å². The van der Waals surface area contributed by atoms with Crippen LogP contribution in [-0.4, -0.2) is 22.2 Å². The fourth-order valence-corrected chi connectivity index (χ4v) is 3.84. The number of thioether (sulfide) groups is 1. The van der Waals surface area contributed by atoms with Crippen molar-refractivity contribution in [3.63, 3.8) is 0 Å². The number of hydrogen-bond acceptors (Lipinski definition) is 3. The van der Waals surface area contributed by atoms with Crippen molar-refractivity contribution in [2.45, 2.75) is 50.0 Å². The van der Waals surface area contributed by atoms with Gasteiger partial charge in [0.2, 0.25) is 0 Å². The fraction of sp³-hybridized carbons (Fsp3) is 0.917. The van der Waals surface area contributed by atoms with Gasteiger partial charge in [0.25, 0.3) is 0 Å². The quantitative estimate of drug-likeness (QED) is 0.803. The van der Waals surface area contributed by atoms with Gasteiger partial charge in [0, 0.05) is 17.1 Å². The van der Waals surface area contributed by atoms with E-state index in [1.54, 1.807) is 0 Å². The molecule has 86 valence electrons. The lowest BCUT2D eigenvalue weighted by atomic mass is 9.83. The third kappa shape index (κ3) is 4.04. The monoisotopic (exact) mass is 227 g/mol. The molecule has 15 heavy (non-hydrogen) atoms. The number of hydrogen-bond donors (Lipinski definition) is 1. The molecule has 2 nitrogen and oxygen atoms in total. The second kappa shape index (κ2) is 6.40. The molecule has 0 aromatic heterocycles. The number of aliphatic hydroxyl groups excluding tert-OH is 1. The van der Waals surface area contributed by atoms with Crippen molar-refractivity contribution >= 4 is 11.8 Å². The first-order valence-electron chi connectivity index (χ1n) is 5.83. The van der Waals surface area contributed by atoms with Crippen LogP contribution in [-0.2, 0) is 0 Å². The third-order valence-electron chi connectivity index (χ3n) is 3.16. The zero-order valence-electron chi connectivity index (χ0n) is 9.65. The topological polar surface area (TPSA) is 44.0 Å². The van der Waals surface area contributed by atoms with E-state index in [0.29, 0.717) is 10.5 Å². The van der Waals surface area contributed by atoms with Gasteiger partial charge >= 0.3 is 0 Å². The van der Waals surface area contributed by atoms with Crippen molar-refractivity contribution in [3.8, 4) is 6.07 Å². The minimum atomic E-state index is 0.229. The first-order chi connectivity index (χ1) is 7.17. The zero-order chi connectivity index (χ0) is 11.3. The number of nitriles is 1. The van der Waals surface area contributed by atoms with Crippen LogP contribution in [0.3, 0.4) is 0 Å². The summed E-state index contributed by atoms with van der Waals surface area (Å²) in [6, 6.07) is 2.44. The lowest BCUT2D eigenvalue weighted by molar-refractivity contribution is 0.288. The van der Waals surface area contributed by atoms with E-state index in [-0.39, 0.29) is 12.5 Å². The van der Waals surface area contributed by atoms with Crippen LogP contribution in [0.4, 0.5) is 0 Å². The molecule has 0 aromatic carbocycles. The van der Waals surface area contributed by atoms with Crippen LogP contribution in [0.15, 0.2) is 0 Å². The number of rotatable bonds is 4. The summed E-state index contributed by atoms with van der Waals surface area (Å²) in [5, 5.41) is 18.9. The van der Waals surface area contributed by atoms with Gasteiger partial charge in [0.15, 0.2) is 0 Å². The van der Waals surface area contributed by atoms with E-state index in [0.717, 1.165) is 18.8 Å². The number of aliphatic hydroxyl groups is 1. The maximum atomic E-state index is 9.08. The van der Waals surface area contributed by atoms with Gasteiger partial charge in [-0.25, -0.2) is 0 Å². The lowest BCUT2D eigenvalue weighted by Gasteiger charge is -2.32. The van der Waals surface area contributed by atoms with Gasteiger partial charge < -0.3 is 5.11 Å². The summed E-state index contributed by atoms with van der Waals surface area (Å²) in [5.41, 5.74) is 0. The third-order valence-corrected chi connectivity index (χ3v) is 4.73. The fourth-order valence-electron chi connectivity index (χ4n) is 2.17. The summed E-state index contributed by atoms with van der Waals surface area (Å²) in [6.45, 7) is 4.68. The molecule has 0 aliphatic heterocycles. The Labute approximate surface area is 97.1 Å². The van der Waals surface area contributed by atoms with Crippen LogP contribution in [0.2, 0.25) is 0 Å². The summed E-state index contributed by atoms with van der Waals surface area (Å²) in [6.07, 6.45) is 4.26. The second-order valence-corrected chi connectivity index (χ2v) is 6.33.